The Labute approximate surface area is 234 Å². The van der Waals surface area contributed by atoms with Crippen LogP contribution in [0.2, 0.25) is 0 Å². The number of benzene rings is 2. The first-order valence-electron chi connectivity index (χ1n) is 12.8. The number of carbonyl (C=O) groups excluding carboxylic acids is 1. The Morgan fingerprint density at radius 3 is 2.63 bits per heavy atom. The number of methoxy groups -OCH3 is 2. The fourth-order valence-electron chi connectivity index (χ4n) is 5.04. The van der Waals surface area contributed by atoms with Crippen LogP contribution in [-0.4, -0.2) is 41.7 Å². The molecule has 5 rings (SSSR count). The van der Waals surface area contributed by atoms with Gasteiger partial charge < -0.3 is 29.3 Å². The largest absolute Gasteiger partial charge is 0.505 e. The number of nitro groups is 1. The molecule has 0 fully saturated rings. The summed E-state index contributed by atoms with van der Waals surface area (Å²) >= 11 is 0. The molecule has 1 amide bonds. The molecule has 0 saturated carbocycles. The van der Waals surface area contributed by atoms with E-state index in [0.29, 0.717) is 62.6 Å². The van der Waals surface area contributed by atoms with E-state index in [0.717, 1.165) is 0 Å². The van der Waals surface area contributed by atoms with Crippen molar-refractivity contribution in [2.45, 2.75) is 19.8 Å². The van der Waals surface area contributed by atoms with Crippen LogP contribution >= 0.6 is 0 Å². The standard InChI is InChI=1S/C30H28N4O7/c1-5-31-30(36)25-16(2)32-29-27(26(25)20-8-6-7-9-22(20)39-3)28(35)21(33-29)15-18-11-13-23(41-18)19-12-10-17(34(37)38)14-24(19)40-4/h6-15,26,35H,5H2,1-4H3,(H,31,36)(H,32,33). The van der Waals surface area contributed by atoms with Crippen LogP contribution in [0.1, 0.15) is 36.7 Å². The number of fused-ring (bicyclic) bond motifs is 1. The molecule has 4 aromatic rings. The van der Waals surface area contributed by atoms with Gasteiger partial charge in [0.2, 0.25) is 5.91 Å². The number of rotatable bonds is 8. The molecule has 2 aromatic carbocycles. The van der Waals surface area contributed by atoms with Crippen molar-refractivity contribution in [1.82, 2.24) is 10.3 Å². The normalized spacial score (nSPS) is 14.8. The second-order valence-electron chi connectivity index (χ2n) is 9.28. The maximum atomic E-state index is 13.2. The third-order valence-electron chi connectivity index (χ3n) is 6.87. The number of para-hydroxylation sites is 1. The lowest BCUT2D eigenvalue weighted by molar-refractivity contribution is -0.384. The minimum atomic E-state index is -0.653. The van der Waals surface area contributed by atoms with Crippen LogP contribution in [0.3, 0.4) is 0 Å². The van der Waals surface area contributed by atoms with Crippen LogP contribution in [0.25, 0.3) is 17.4 Å². The molecule has 41 heavy (non-hydrogen) atoms. The van der Waals surface area contributed by atoms with Gasteiger partial charge in [-0.3, -0.25) is 14.9 Å². The SMILES string of the molecule is CCNC(=O)C1=C(C)N=c2[nH]c(=Cc3ccc(-c4ccc([N+](=O)[O-])cc4OC)o3)c(O)c2C1c1ccccc1OC. The smallest absolute Gasteiger partial charge is 0.273 e. The summed E-state index contributed by atoms with van der Waals surface area (Å²) in [6, 6.07) is 15.0. The lowest BCUT2D eigenvalue weighted by atomic mass is 9.82. The van der Waals surface area contributed by atoms with E-state index in [4.69, 9.17) is 13.9 Å². The predicted octanol–water partition coefficient (Wildman–Crippen LogP) is 3.91. The number of aromatic hydroxyl groups is 1. The highest BCUT2D eigenvalue weighted by molar-refractivity contribution is 5.97. The van der Waals surface area contributed by atoms with Crippen molar-refractivity contribution in [2.75, 3.05) is 20.8 Å². The van der Waals surface area contributed by atoms with Gasteiger partial charge in [-0.2, -0.15) is 0 Å². The Bertz CT molecular complexity index is 1820. The minimum Gasteiger partial charge on any atom is -0.505 e. The second kappa shape index (κ2) is 11.0. The van der Waals surface area contributed by atoms with Gasteiger partial charge in [0.1, 0.15) is 34.3 Å². The Morgan fingerprint density at radius 1 is 1.17 bits per heavy atom. The molecule has 2 aromatic heterocycles. The number of furan rings is 1. The molecule has 0 spiro atoms. The molecule has 0 aliphatic carbocycles. The van der Waals surface area contributed by atoms with Gasteiger partial charge in [-0.1, -0.05) is 18.2 Å². The first kappa shape index (κ1) is 27.3. The predicted molar refractivity (Wildman–Crippen MR) is 150 cm³/mol. The van der Waals surface area contributed by atoms with Crippen molar-refractivity contribution >= 4 is 17.7 Å². The van der Waals surface area contributed by atoms with Gasteiger partial charge in [-0.25, -0.2) is 4.99 Å². The summed E-state index contributed by atoms with van der Waals surface area (Å²) in [6.07, 6.45) is 1.62. The molecule has 0 radical (unpaired) electrons. The zero-order chi connectivity index (χ0) is 29.3. The first-order chi connectivity index (χ1) is 19.8. The number of carbonyl (C=O) groups is 1. The Kier molecular flexibility index (Phi) is 7.34. The summed E-state index contributed by atoms with van der Waals surface area (Å²) in [5.74, 6) is 0.660. The molecular formula is C30H28N4O7. The molecule has 1 atom stereocenters. The second-order valence-corrected chi connectivity index (χ2v) is 9.28. The molecule has 3 heterocycles. The number of aromatic amines is 1. The number of hydrogen-bond donors (Lipinski definition) is 3. The Hall–Kier alpha value is -5.32. The number of nitrogens with one attached hydrogen (secondary N) is 2. The van der Waals surface area contributed by atoms with E-state index in [1.54, 1.807) is 44.4 Å². The van der Waals surface area contributed by atoms with Crippen LogP contribution in [0.5, 0.6) is 17.2 Å². The fourth-order valence-corrected chi connectivity index (χ4v) is 5.04. The molecule has 0 saturated heterocycles. The number of non-ortho nitro benzene ring substituents is 1. The fraction of sp³-hybridized carbons (Fsp3) is 0.200. The zero-order valence-electron chi connectivity index (χ0n) is 22.8. The molecule has 1 aliphatic rings. The monoisotopic (exact) mass is 556 g/mol. The van der Waals surface area contributed by atoms with Crippen LogP contribution in [0.15, 0.2) is 75.3 Å². The minimum absolute atomic E-state index is 0.0835. The summed E-state index contributed by atoms with van der Waals surface area (Å²) in [7, 11) is 2.98. The van der Waals surface area contributed by atoms with E-state index in [1.165, 1.54) is 19.2 Å². The number of hydrogen-bond acceptors (Lipinski definition) is 8. The summed E-state index contributed by atoms with van der Waals surface area (Å²) in [5, 5.41) is 25.8. The summed E-state index contributed by atoms with van der Waals surface area (Å²) in [4.78, 5) is 31.7. The Morgan fingerprint density at radius 2 is 1.93 bits per heavy atom. The van der Waals surface area contributed by atoms with Crippen molar-refractivity contribution in [3.05, 3.63) is 104 Å². The molecule has 1 unspecified atom stereocenters. The number of aromatic nitrogens is 1. The third-order valence-corrected chi connectivity index (χ3v) is 6.87. The molecule has 210 valence electrons. The molecule has 3 N–H and O–H groups in total. The summed E-state index contributed by atoms with van der Waals surface area (Å²) in [5.41, 5.74) is 2.92. The first-order valence-corrected chi connectivity index (χ1v) is 12.8. The maximum absolute atomic E-state index is 13.2. The van der Waals surface area contributed by atoms with E-state index in [2.05, 4.69) is 15.3 Å². The topological polar surface area (TPSA) is 152 Å². The highest BCUT2D eigenvalue weighted by Gasteiger charge is 2.35. The van der Waals surface area contributed by atoms with Gasteiger partial charge in [0.05, 0.1) is 53.2 Å². The van der Waals surface area contributed by atoms with Crippen molar-refractivity contribution < 1.29 is 28.7 Å². The van der Waals surface area contributed by atoms with Gasteiger partial charge in [-0.15, -0.1) is 0 Å². The number of nitro benzene ring substituents is 1. The van der Waals surface area contributed by atoms with Crippen molar-refractivity contribution in [1.29, 1.82) is 0 Å². The zero-order valence-corrected chi connectivity index (χ0v) is 22.8. The lowest BCUT2D eigenvalue weighted by Crippen LogP contribution is -2.32. The number of ether oxygens (including phenoxy) is 2. The van der Waals surface area contributed by atoms with E-state index >= 15 is 0 Å². The quantitative estimate of drug-likeness (QED) is 0.220. The number of nitrogens with zero attached hydrogens (tertiary/aromatic N) is 2. The number of amides is 1. The third kappa shape index (κ3) is 4.93. The average Bonchev–Trinajstić information content (AvgIpc) is 3.55. The molecular weight excluding hydrogens is 528 g/mol. The van der Waals surface area contributed by atoms with Gasteiger partial charge in [-0.05, 0) is 38.1 Å². The summed E-state index contributed by atoms with van der Waals surface area (Å²) < 4.78 is 17.0. The molecule has 1 aliphatic heterocycles. The van der Waals surface area contributed by atoms with E-state index in [-0.39, 0.29) is 23.1 Å². The van der Waals surface area contributed by atoms with E-state index < -0.39 is 10.8 Å². The highest BCUT2D eigenvalue weighted by Crippen LogP contribution is 2.41. The van der Waals surface area contributed by atoms with Gasteiger partial charge in [0.15, 0.2) is 0 Å². The maximum Gasteiger partial charge on any atom is 0.273 e. The van der Waals surface area contributed by atoms with Crippen molar-refractivity contribution in [3.8, 4) is 28.6 Å². The van der Waals surface area contributed by atoms with E-state index in [1.807, 2.05) is 25.1 Å². The highest BCUT2D eigenvalue weighted by atomic mass is 16.6. The number of allylic oxidation sites excluding steroid dienone is 1. The Balaban J connectivity index is 1.63. The molecule has 11 heteroatoms. The van der Waals surface area contributed by atoms with Crippen LogP contribution in [0.4, 0.5) is 5.69 Å². The van der Waals surface area contributed by atoms with Crippen LogP contribution in [0, 0.1) is 10.1 Å². The van der Waals surface area contributed by atoms with Crippen LogP contribution in [-0.2, 0) is 4.79 Å². The van der Waals surface area contributed by atoms with Crippen molar-refractivity contribution in [3.63, 3.8) is 0 Å². The van der Waals surface area contributed by atoms with Gasteiger partial charge in [0, 0.05) is 29.9 Å². The molecule has 11 nitrogen and oxygen atoms in total. The summed E-state index contributed by atoms with van der Waals surface area (Å²) in [6.45, 7) is 4.02. The average molecular weight is 557 g/mol. The lowest BCUT2D eigenvalue weighted by Gasteiger charge is -2.25. The van der Waals surface area contributed by atoms with Gasteiger partial charge in [0.25, 0.3) is 5.69 Å². The molecule has 0 bridgehead atoms. The number of H-pyrrole nitrogens is 1. The van der Waals surface area contributed by atoms with E-state index in [9.17, 15) is 20.0 Å². The van der Waals surface area contributed by atoms with Gasteiger partial charge >= 0.3 is 0 Å². The number of likely N-dealkylation sites (N-methyl/N-ethyl adjacent to an activating group) is 1. The van der Waals surface area contributed by atoms with Crippen LogP contribution < -0.4 is 25.6 Å². The van der Waals surface area contributed by atoms with Crippen molar-refractivity contribution in [2.24, 2.45) is 4.99 Å².